The molecule has 0 spiro atoms. The molecule has 0 aliphatic carbocycles. The Balaban J connectivity index is 2.10. The van der Waals surface area contributed by atoms with Crippen LogP contribution in [0, 0.1) is 0 Å². The SMILES string of the molecule is NNc1nnc(COc2c(Cl)cc(Cl)cc2Cl)s1. The number of ether oxygens (including phenoxy) is 1. The molecule has 0 aliphatic rings. The average Bonchev–Trinajstić information content (AvgIpc) is 2.75. The maximum Gasteiger partial charge on any atom is 0.219 e. The molecule has 2 aromatic rings. The Morgan fingerprint density at radius 3 is 2.44 bits per heavy atom. The van der Waals surface area contributed by atoms with Gasteiger partial charge in [-0.05, 0) is 12.1 Å². The quantitative estimate of drug-likeness (QED) is 0.666. The van der Waals surface area contributed by atoms with E-state index in [1.165, 1.54) is 11.3 Å². The largest absolute Gasteiger partial charge is 0.483 e. The maximum absolute atomic E-state index is 5.97. The molecule has 1 heterocycles. The minimum atomic E-state index is 0.195. The first-order chi connectivity index (χ1) is 8.60. The van der Waals surface area contributed by atoms with Crippen molar-refractivity contribution in [2.24, 2.45) is 5.84 Å². The van der Waals surface area contributed by atoms with E-state index < -0.39 is 0 Å². The number of nitrogen functional groups attached to an aromatic ring is 1. The van der Waals surface area contributed by atoms with E-state index >= 15 is 0 Å². The number of aromatic nitrogens is 2. The fourth-order valence-electron chi connectivity index (χ4n) is 1.17. The predicted molar refractivity (Wildman–Crippen MR) is 73.5 cm³/mol. The van der Waals surface area contributed by atoms with Gasteiger partial charge in [-0.15, -0.1) is 10.2 Å². The Kier molecular flexibility index (Phi) is 4.47. The standard InChI is InChI=1S/C9H7Cl3N4OS/c10-4-1-5(11)8(6(12)2-4)17-3-7-15-16-9(14-13)18-7/h1-2H,3,13H2,(H,14,16). The van der Waals surface area contributed by atoms with Crippen LogP contribution in [0.4, 0.5) is 5.13 Å². The molecule has 1 aromatic carbocycles. The number of anilines is 1. The highest BCUT2D eigenvalue weighted by Crippen LogP contribution is 2.36. The molecular formula is C9H7Cl3N4OS. The summed E-state index contributed by atoms with van der Waals surface area (Å²) in [5, 5.41) is 9.92. The summed E-state index contributed by atoms with van der Waals surface area (Å²) in [6.45, 7) is 0.195. The van der Waals surface area contributed by atoms with Crippen LogP contribution in [-0.2, 0) is 6.61 Å². The van der Waals surface area contributed by atoms with E-state index in [1.807, 2.05) is 0 Å². The second-order valence-corrected chi connectivity index (χ2v) is 5.45. The summed E-state index contributed by atoms with van der Waals surface area (Å²) < 4.78 is 5.48. The monoisotopic (exact) mass is 324 g/mol. The zero-order chi connectivity index (χ0) is 13.1. The van der Waals surface area contributed by atoms with Gasteiger partial charge in [0.25, 0.3) is 0 Å². The highest BCUT2D eigenvalue weighted by molar-refractivity contribution is 7.15. The normalized spacial score (nSPS) is 10.4. The molecule has 0 atom stereocenters. The van der Waals surface area contributed by atoms with E-state index in [0.29, 0.717) is 31.0 Å². The predicted octanol–water partition coefficient (Wildman–Crippen LogP) is 3.36. The second kappa shape index (κ2) is 5.90. The van der Waals surface area contributed by atoms with Crippen LogP contribution in [-0.4, -0.2) is 10.2 Å². The van der Waals surface area contributed by atoms with Gasteiger partial charge in [-0.25, -0.2) is 5.84 Å². The van der Waals surface area contributed by atoms with Crippen molar-refractivity contribution in [2.75, 3.05) is 5.43 Å². The van der Waals surface area contributed by atoms with Gasteiger partial charge in [0.15, 0.2) is 10.8 Å². The molecular weight excluding hydrogens is 319 g/mol. The van der Waals surface area contributed by atoms with E-state index in [9.17, 15) is 0 Å². The third kappa shape index (κ3) is 3.15. The summed E-state index contributed by atoms with van der Waals surface area (Å²) in [5.74, 6) is 5.56. The van der Waals surface area contributed by atoms with Crippen LogP contribution >= 0.6 is 46.1 Å². The van der Waals surface area contributed by atoms with Gasteiger partial charge in [0.05, 0.1) is 10.0 Å². The van der Waals surface area contributed by atoms with Crippen molar-refractivity contribution in [2.45, 2.75) is 6.61 Å². The van der Waals surface area contributed by atoms with Gasteiger partial charge in [-0.3, -0.25) is 5.43 Å². The molecule has 0 bridgehead atoms. The van der Waals surface area contributed by atoms with E-state index in [1.54, 1.807) is 12.1 Å². The third-order valence-electron chi connectivity index (χ3n) is 1.89. The van der Waals surface area contributed by atoms with Gasteiger partial charge >= 0.3 is 0 Å². The summed E-state index contributed by atoms with van der Waals surface area (Å²) in [4.78, 5) is 0. The lowest BCUT2D eigenvalue weighted by molar-refractivity contribution is 0.305. The highest BCUT2D eigenvalue weighted by atomic mass is 35.5. The lowest BCUT2D eigenvalue weighted by Crippen LogP contribution is -2.05. The first-order valence-corrected chi connectivity index (χ1v) is 6.61. The molecule has 96 valence electrons. The Hall–Kier alpha value is -0.790. The molecule has 3 N–H and O–H groups in total. The molecule has 0 fully saturated rings. The summed E-state index contributed by atoms with van der Waals surface area (Å²) in [6, 6.07) is 3.11. The van der Waals surface area contributed by atoms with Gasteiger partial charge in [-0.2, -0.15) is 0 Å². The minimum absolute atomic E-state index is 0.195. The molecule has 5 nitrogen and oxygen atoms in total. The van der Waals surface area contributed by atoms with Gasteiger partial charge < -0.3 is 4.74 Å². The van der Waals surface area contributed by atoms with Gasteiger partial charge in [0.2, 0.25) is 5.13 Å². The third-order valence-corrected chi connectivity index (χ3v) is 3.50. The van der Waals surface area contributed by atoms with E-state index in [0.717, 1.165) is 0 Å². The second-order valence-electron chi connectivity index (χ2n) is 3.13. The lowest BCUT2D eigenvalue weighted by Gasteiger charge is -2.08. The smallest absolute Gasteiger partial charge is 0.219 e. The molecule has 18 heavy (non-hydrogen) atoms. The van der Waals surface area contributed by atoms with Gasteiger partial charge in [-0.1, -0.05) is 46.1 Å². The number of nitrogens with one attached hydrogen (secondary N) is 1. The van der Waals surface area contributed by atoms with Crippen LogP contribution < -0.4 is 16.0 Å². The topological polar surface area (TPSA) is 73.1 Å². The molecule has 0 saturated carbocycles. The summed E-state index contributed by atoms with van der Waals surface area (Å²) in [7, 11) is 0. The first kappa shape index (κ1) is 13.6. The lowest BCUT2D eigenvalue weighted by atomic mass is 10.3. The van der Waals surface area contributed by atoms with Crippen LogP contribution in [0.2, 0.25) is 15.1 Å². The van der Waals surface area contributed by atoms with Crippen LogP contribution in [0.3, 0.4) is 0 Å². The van der Waals surface area contributed by atoms with Gasteiger partial charge in [0, 0.05) is 5.02 Å². The van der Waals surface area contributed by atoms with E-state index in [4.69, 9.17) is 45.4 Å². The summed E-state index contributed by atoms with van der Waals surface area (Å²) in [6.07, 6.45) is 0. The number of hydrogen-bond acceptors (Lipinski definition) is 6. The van der Waals surface area contributed by atoms with E-state index in [2.05, 4.69) is 15.6 Å². The van der Waals surface area contributed by atoms with Crippen LogP contribution in [0.15, 0.2) is 12.1 Å². The van der Waals surface area contributed by atoms with Crippen LogP contribution in [0.5, 0.6) is 5.75 Å². The number of benzene rings is 1. The fraction of sp³-hybridized carbons (Fsp3) is 0.111. The van der Waals surface area contributed by atoms with Gasteiger partial charge in [0.1, 0.15) is 6.61 Å². The Morgan fingerprint density at radius 2 is 1.89 bits per heavy atom. The molecule has 9 heteroatoms. The molecule has 0 amide bonds. The van der Waals surface area contributed by atoms with Crippen LogP contribution in [0.25, 0.3) is 0 Å². The molecule has 0 saturated heterocycles. The molecule has 0 radical (unpaired) electrons. The minimum Gasteiger partial charge on any atom is -0.483 e. The Bertz CT molecular complexity index is 539. The summed E-state index contributed by atoms with van der Waals surface area (Å²) >= 11 is 19.0. The first-order valence-electron chi connectivity index (χ1n) is 4.66. The Morgan fingerprint density at radius 1 is 1.22 bits per heavy atom. The Labute approximate surface area is 122 Å². The number of nitrogens with zero attached hydrogens (tertiary/aromatic N) is 2. The number of hydrogen-bond donors (Lipinski definition) is 2. The summed E-state index contributed by atoms with van der Waals surface area (Å²) in [5.41, 5.74) is 2.40. The van der Waals surface area contributed by atoms with Crippen molar-refractivity contribution < 1.29 is 4.74 Å². The van der Waals surface area contributed by atoms with Crippen molar-refractivity contribution in [3.63, 3.8) is 0 Å². The van der Waals surface area contributed by atoms with Crippen molar-refractivity contribution in [3.05, 3.63) is 32.2 Å². The number of halogens is 3. The molecule has 0 aliphatic heterocycles. The highest BCUT2D eigenvalue weighted by Gasteiger charge is 2.11. The zero-order valence-electron chi connectivity index (χ0n) is 8.78. The molecule has 1 aromatic heterocycles. The van der Waals surface area contributed by atoms with Crippen LogP contribution in [0.1, 0.15) is 5.01 Å². The molecule has 0 unspecified atom stereocenters. The van der Waals surface area contributed by atoms with Crippen molar-refractivity contribution in [1.29, 1.82) is 0 Å². The number of rotatable bonds is 4. The van der Waals surface area contributed by atoms with Crippen molar-refractivity contribution >= 4 is 51.3 Å². The van der Waals surface area contributed by atoms with Crippen molar-refractivity contribution in [1.82, 2.24) is 10.2 Å². The van der Waals surface area contributed by atoms with E-state index in [-0.39, 0.29) is 6.61 Å². The molecule has 2 rings (SSSR count). The number of hydrazine groups is 1. The average molecular weight is 326 g/mol. The zero-order valence-corrected chi connectivity index (χ0v) is 11.9. The fourth-order valence-corrected chi connectivity index (χ4v) is 2.66. The number of nitrogens with two attached hydrogens (primary N) is 1. The van der Waals surface area contributed by atoms with Crippen molar-refractivity contribution in [3.8, 4) is 5.75 Å². The maximum atomic E-state index is 5.97.